The molecule has 0 atom stereocenters. The average molecular weight is 142 g/mol. The van der Waals surface area contributed by atoms with Crippen LogP contribution in [0.3, 0.4) is 0 Å². The van der Waals surface area contributed by atoms with Crippen LogP contribution >= 0.6 is 0 Å². The van der Waals surface area contributed by atoms with Crippen molar-refractivity contribution in [2.24, 2.45) is 0 Å². The number of esters is 1. The molecular formula is C8H14O2. The van der Waals surface area contributed by atoms with E-state index in [-0.39, 0.29) is 5.97 Å². The Morgan fingerprint density at radius 3 is 2.50 bits per heavy atom. The third-order valence-electron chi connectivity index (χ3n) is 1.06. The van der Waals surface area contributed by atoms with E-state index in [9.17, 15) is 4.79 Å². The SMILES string of the molecule is C=CCC(C)(C)OC(C)=O. The predicted molar refractivity (Wildman–Crippen MR) is 40.7 cm³/mol. The summed E-state index contributed by atoms with van der Waals surface area (Å²) in [5, 5.41) is 0. The van der Waals surface area contributed by atoms with E-state index in [0.717, 1.165) is 0 Å². The molecule has 0 aromatic carbocycles. The summed E-state index contributed by atoms with van der Waals surface area (Å²) in [4.78, 5) is 10.5. The maximum absolute atomic E-state index is 10.5. The molecule has 0 aromatic heterocycles. The van der Waals surface area contributed by atoms with Crippen LogP contribution in [-0.2, 0) is 9.53 Å². The van der Waals surface area contributed by atoms with E-state index in [4.69, 9.17) is 4.74 Å². The van der Waals surface area contributed by atoms with Gasteiger partial charge in [-0.05, 0) is 13.8 Å². The lowest BCUT2D eigenvalue weighted by atomic mass is 10.1. The van der Waals surface area contributed by atoms with E-state index < -0.39 is 5.60 Å². The highest BCUT2D eigenvalue weighted by molar-refractivity contribution is 5.66. The summed E-state index contributed by atoms with van der Waals surface area (Å²) in [6.45, 7) is 8.68. The third-order valence-corrected chi connectivity index (χ3v) is 1.06. The second-order valence-corrected chi connectivity index (χ2v) is 2.85. The molecule has 0 heterocycles. The van der Waals surface area contributed by atoms with Crippen molar-refractivity contribution in [2.45, 2.75) is 32.8 Å². The van der Waals surface area contributed by atoms with Crippen molar-refractivity contribution in [1.82, 2.24) is 0 Å². The molecule has 2 nitrogen and oxygen atoms in total. The monoisotopic (exact) mass is 142 g/mol. The van der Waals surface area contributed by atoms with Crippen molar-refractivity contribution < 1.29 is 9.53 Å². The maximum atomic E-state index is 10.5. The minimum absolute atomic E-state index is 0.244. The summed E-state index contributed by atoms with van der Waals surface area (Å²) in [7, 11) is 0. The first-order valence-electron chi connectivity index (χ1n) is 3.28. The fraction of sp³-hybridized carbons (Fsp3) is 0.625. The molecule has 0 radical (unpaired) electrons. The zero-order valence-corrected chi connectivity index (χ0v) is 6.81. The Morgan fingerprint density at radius 1 is 1.70 bits per heavy atom. The van der Waals surface area contributed by atoms with Crippen LogP contribution in [0.2, 0.25) is 0 Å². The van der Waals surface area contributed by atoms with Crippen molar-refractivity contribution in [3.8, 4) is 0 Å². The minimum atomic E-state index is -0.395. The van der Waals surface area contributed by atoms with Gasteiger partial charge in [0.2, 0.25) is 0 Å². The van der Waals surface area contributed by atoms with Gasteiger partial charge in [-0.3, -0.25) is 4.79 Å². The Balaban J connectivity index is 3.85. The van der Waals surface area contributed by atoms with Crippen LogP contribution in [0.15, 0.2) is 12.7 Å². The average Bonchev–Trinajstić information content (AvgIpc) is 1.59. The number of carbonyl (C=O) groups excluding carboxylic acids is 1. The number of ether oxygens (including phenoxy) is 1. The van der Waals surface area contributed by atoms with Crippen LogP contribution in [0.1, 0.15) is 27.2 Å². The third kappa shape index (κ3) is 4.13. The molecule has 0 unspecified atom stereocenters. The highest BCUT2D eigenvalue weighted by Crippen LogP contribution is 2.14. The van der Waals surface area contributed by atoms with Gasteiger partial charge < -0.3 is 4.74 Å². The highest BCUT2D eigenvalue weighted by Gasteiger charge is 2.18. The van der Waals surface area contributed by atoms with E-state index in [1.165, 1.54) is 6.92 Å². The second-order valence-electron chi connectivity index (χ2n) is 2.85. The van der Waals surface area contributed by atoms with E-state index >= 15 is 0 Å². The van der Waals surface area contributed by atoms with E-state index in [2.05, 4.69) is 6.58 Å². The van der Waals surface area contributed by atoms with Gasteiger partial charge in [0.1, 0.15) is 5.60 Å². The van der Waals surface area contributed by atoms with E-state index in [1.807, 2.05) is 13.8 Å². The van der Waals surface area contributed by atoms with Crippen LogP contribution in [0, 0.1) is 0 Å². The van der Waals surface area contributed by atoms with Crippen molar-refractivity contribution in [2.75, 3.05) is 0 Å². The molecule has 0 aliphatic carbocycles. The second kappa shape index (κ2) is 3.40. The van der Waals surface area contributed by atoms with E-state index in [1.54, 1.807) is 6.08 Å². The molecule has 0 aromatic rings. The molecular weight excluding hydrogens is 128 g/mol. The lowest BCUT2D eigenvalue weighted by Crippen LogP contribution is -2.25. The summed E-state index contributed by atoms with van der Waals surface area (Å²) in [6, 6.07) is 0. The van der Waals surface area contributed by atoms with Gasteiger partial charge in [-0.25, -0.2) is 0 Å². The largest absolute Gasteiger partial charge is 0.460 e. The summed E-state index contributed by atoms with van der Waals surface area (Å²) in [6.07, 6.45) is 2.43. The number of rotatable bonds is 3. The van der Waals surface area contributed by atoms with Gasteiger partial charge in [-0.1, -0.05) is 6.08 Å². The molecule has 10 heavy (non-hydrogen) atoms. The molecule has 0 rings (SSSR count). The normalized spacial score (nSPS) is 10.7. The Labute approximate surface area is 61.9 Å². The van der Waals surface area contributed by atoms with E-state index in [0.29, 0.717) is 6.42 Å². The predicted octanol–water partition coefficient (Wildman–Crippen LogP) is 1.90. The standard InChI is InChI=1S/C8H14O2/c1-5-6-8(3,4)10-7(2)9/h5H,1,6H2,2-4H3. The number of carbonyl (C=O) groups is 1. The lowest BCUT2D eigenvalue weighted by Gasteiger charge is -2.22. The summed E-state index contributed by atoms with van der Waals surface area (Å²) >= 11 is 0. The van der Waals surface area contributed by atoms with Crippen molar-refractivity contribution in [3.05, 3.63) is 12.7 Å². The molecule has 58 valence electrons. The fourth-order valence-electron chi connectivity index (χ4n) is 0.778. The van der Waals surface area contributed by atoms with Gasteiger partial charge in [0.25, 0.3) is 0 Å². The van der Waals surface area contributed by atoms with Crippen molar-refractivity contribution in [1.29, 1.82) is 0 Å². The molecule has 0 amide bonds. The molecule has 0 N–H and O–H groups in total. The van der Waals surface area contributed by atoms with Gasteiger partial charge in [-0.15, -0.1) is 6.58 Å². The van der Waals surface area contributed by atoms with Crippen LogP contribution < -0.4 is 0 Å². The van der Waals surface area contributed by atoms with Gasteiger partial charge in [0, 0.05) is 13.3 Å². The van der Waals surface area contributed by atoms with Crippen LogP contribution in [-0.4, -0.2) is 11.6 Å². The smallest absolute Gasteiger partial charge is 0.303 e. The number of hydrogen-bond acceptors (Lipinski definition) is 2. The highest BCUT2D eigenvalue weighted by atomic mass is 16.6. The fourth-order valence-corrected chi connectivity index (χ4v) is 0.778. The lowest BCUT2D eigenvalue weighted by molar-refractivity contribution is -0.153. The molecule has 0 spiro atoms. The van der Waals surface area contributed by atoms with Crippen LogP contribution in [0.25, 0.3) is 0 Å². The van der Waals surface area contributed by atoms with Crippen LogP contribution in [0.5, 0.6) is 0 Å². The molecule has 0 saturated carbocycles. The van der Waals surface area contributed by atoms with Crippen LogP contribution in [0.4, 0.5) is 0 Å². The Bertz CT molecular complexity index is 136. The van der Waals surface area contributed by atoms with Gasteiger partial charge in [-0.2, -0.15) is 0 Å². The summed E-state index contributed by atoms with van der Waals surface area (Å²) in [5.74, 6) is -0.244. The minimum Gasteiger partial charge on any atom is -0.460 e. The Hall–Kier alpha value is -0.790. The van der Waals surface area contributed by atoms with Crippen molar-refractivity contribution in [3.63, 3.8) is 0 Å². The first-order valence-corrected chi connectivity index (χ1v) is 3.28. The molecule has 0 saturated heterocycles. The Kier molecular flexibility index (Phi) is 3.13. The maximum Gasteiger partial charge on any atom is 0.303 e. The van der Waals surface area contributed by atoms with Gasteiger partial charge >= 0.3 is 5.97 Å². The molecule has 0 aliphatic rings. The summed E-state index contributed by atoms with van der Waals surface area (Å²) < 4.78 is 4.97. The van der Waals surface area contributed by atoms with Gasteiger partial charge in [0.15, 0.2) is 0 Å². The zero-order chi connectivity index (χ0) is 8.20. The van der Waals surface area contributed by atoms with Crippen molar-refractivity contribution >= 4 is 5.97 Å². The first kappa shape index (κ1) is 9.21. The number of hydrogen-bond donors (Lipinski definition) is 0. The quantitative estimate of drug-likeness (QED) is 0.444. The zero-order valence-electron chi connectivity index (χ0n) is 6.81. The molecule has 0 bridgehead atoms. The molecule has 2 heteroatoms. The van der Waals surface area contributed by atoms with Gasteiger partial charge in [0.05, 0.1) is 0 Å². The topological polar surface area (TPSA) is 26.3 Å². The first-order chi connectivity index (χ1) is 4.48. The molecule has 0 aliphatic heterocycles. The molecule has 0 fully saturated rings. The summed E-state index contributed by atoms with van der Waals surface area (Å²) in [5.41, 5.74) is -0.395. The Morgan fingerprint density at radius 2 is 2.20 bits per heavy atom.